The van der Waals surface area contributed by atoms with Gasteiger partial charge in [-0.25, -0.2) is 0 Å². The van der Waals surface area contributed by atoms with Crippen LogP contribution in [0.2, 0.25) is 20.0 Å². The fourth-order valence-corrected chi connectivity index (χ4v) is 4.14. The van der Waals surface area contributed by atoms with Crippen molar-refractivity contribution in [2.45, 2.75) is 38.0 Å². The third-order valence-corrected chi connectivity index (χ3v) is 5.08. The summed E-state index contributed by atoms with van der Waals surface area (Å²) in [5.41, 5.74) is 3.96. The molecule has 24 heavy (non-hydrogen) atoms. The van der Waals surface area contributed by atoms with Crippen LogP contribution in [0.15, 0.2) is 42.5 Å². The molecule has 0 aliphatic carbocycles. The van der Waals surface area contributed by atoms with E-state index >= 15 is 0 Å². The number of nitrogens with one attached hydrogen (secondary N) is 2. The van der Waals surface area contributed by atoms with E-state index in [1.807, 2.05) is 12.1 Å². The van der Waals surface area contributed by atoms with Crippen LogP contribution in [-0.2, 0) is 0 Å². The number of carbonyl (C=O) groups is 1. The smallest absolute Gasteiger partial charge is 0.252 e. The average molecular weight is 320 g/mol. The lowest BCUT2D eigenvalue weighted by atomic mass is 9.49. The van der Waals surface area contributed by atoms with Crippen LogP contribution >= 0.6 is 0 Å². The van der Waals surface area contributed by atoms with Gasteiger partial charge in [0.15, 0.2) is 0 Å². The van der Waals surface area contributed by atoms with E-state index in [9.17, 15) is 9.90 Å². The molecule has 0 aromatic heterocycles. The van der Waals surface area contributed by atoms with Gasteiger partial charge in [-0.2, -0.15) is 0 Å². The number of rotatable bonds is 3. The Bertz CT molecular complexity index is 806. The van der Waals surface area contributed by atoms with Crippen molar-refractivity contribution in [1.29, 1.82) is 0 Å². The van der Waals surface area contributed by atoms with E-state index in [-0.39, 0.29) is 29.7 Å². The summed E-state index contributed by atoms with van der Waals surface area (Å²) in [6.07, 6.45) is 1.03. The van der Waals surface area contributed by atoms with E-state index in [4.69, 9.17) is 0 Å². The molecule has 3 atom stereocenters. The molecule has 3 N–H and O–H groups in total. The number of carbonyl (C=O) groups excluding carboxylic acids is 1. The van der Waals surface area contributed by atoms with Crippen molar-refractivity contribution in [2.75, 3.05) is 5.32 Å². The molecule has 2 aliphatic rings. The molecule has 1 amide bonds. The topological polar surface area (TPSA) is 61.4 Å². The molecule has 2 heterocycles. The molecule has 0 radical (unpaired) electrons. The Labute approximate surface area is 142 Å². The predicted molar refractivity (Wildman–Crippen MR) is 97.2 cm³/mol. The Kier molecular flexibility index (Phi) is 3.52. The molecule has 0 spiro atoms. The number of fused-ring (bicyclic) bond motifs is 2. The van der Waals surface area contributed by atoms with Crippen LogP contribution in [0.1, 0.15) is 33.4 Å². The normalized spacial score (nSPS) is 24.1. The third-order valence-electron chi connectivity index (χ3n) is 5.08. The van der Waals surface area contributed by atoms with Gasteiger partial charge in [-0.05, 0) is 35.4 Å². The third kappa shape index (κ3) is 2.35. The second-order valence-corrected chi connectivity index (χ2v) is 7.22. The minimum atomic E-state index is -0.112. The monoisotopic (exact) mass is 320 g/mol. The summed E-state index contributed by atoms with van der Waals surface area (Å²) in [7, 11) is 0. The van der Waals surface area contributed by atoms with Gasteiger partial charge in [-0.15, -0.1) is 0 Å². The molecular weight excluding hydrogens is 299 g/mol. The van der Waals surface area contributed by atoms with Crippen LogP contribution in [0.5, 0.6) is 5.75 Å². The standard InChI is InChI=1S/C19H21BN2O2/c1-20(2)10-16-17(13-5-3-4-6-15(13)21-16)18-14-9-11(23)7-8-12(14)19(24)22-18/h3-9,16-18,21,23H,10H2,1-2H3,(H,22,24). The van der Waals surface area contributed by atoms with Crippen molar-refractivity contribution >= 4 is 18.3 Å². The Balaban J connectivity index is 1.79. The number of benzene rings is 2. The van der Waals surface area contributed by atoms with Gasteiger partial charge in [-0.3, -0.25) is 4.79 Å². The quantitative estimate of drug-likeness (QED) is 0.759. The lowest BCUT2D eigenvalue weighted by molar-refractivity contribution is 0.0951. The second-order valence-electron chi connectivity index (χ2n) is 7.22. The van der Waals surface area contributed by atoms with Crippen LogP contribution < -0.4 is 10.6 Å². The highest BCUT2D eigenvalue weighted by Crippen LogP contribution is 2.47. The van der Waals surface area contributed by atoms with Crippen LogP contribution in [0.3, 0.4) is 0 Å². The summed E-state index contributed by atoms with van der Waals surface area (Å²) in [6.45, 7) is 4.99. The second kappa shape index (κ2) is 5.58. The first kappa shape index (κ1) is 15.1. The van der Waals surface area contributed by atoms with Crippen molar-refractivity contribution in [2.24, 2.45) is 0 Å². The summed E-state index contributed by atoms with van der Waals surface area (Å²) < 4.78 is 0. The molecule has 4 nitrogen and oxygen atoms in total. The molecule has 0 saturated carbocycles. The van der Waals surface area contributed by atoms with Gasteiger partial charge in [-0.1, -0.05) is 38.2 Å². The number of hydrogen-bond donors (Lipinski definition) is 3. The summed E-state index contributed by atoms with van der Waals surface area (Å²) in [4.78, 5) is 12.4. The first-order valence-corrected chi connectivity index (χ1v) is 8.54. The SMILES string of the molecule is CB(C)CC1Nc2ccccc2C1C1NC(=O)c2ccc(O)cc21. The van der Waals surface area contributed by atoms with Crippen molar-refractivity contribution in [3.63, 3.8) is 0 Å². The summed E-state index contributed by atoms with van der Waals surface area (Å²) in [6, 6.07) is 13.5. The van der Waals surface area contributed by atoms with Crippen molar-refractivity contribution < 1.29 is 9.90 Å². The number of phenols is 1. The van der Waals surface area contributed by atoms with Gasteiger partial charge in [0, 0.05) is 23.2 Å². The lowest BCUT2D eigenvalue weighted by Gasteiger charge is -2.27. The van der Waals surface area contributed by atoms with Gasteiger partial charge in [0.05, 0.1) is 6.04 Å². The highest BCUT2D eigenvalue weighted by molar-refractivity contribution is 6.56. The first-order chi connectivity index (χ1) is 11.5. The zero-order valence-electron chi connectivity index (χ0n) is 13.9. The zero-order valence-corrected chi connectivity index (χ0v) is 13.9. The number of phenolic OH excluding ortho intramolecular Hbond substituents is 1. The zero-order chi connectivity index (χ0) is 16.8. The number of amides is 1. The van der Waals surface area contributed by atoms with Crippen LogP contribution in [-0.4, -0.2) is 23.8 Å². The molecule has 2 aromatic carbocycles. The average Bonchev–Trinajstić information content (AvgIpc) is 3.04. The van der Waals surface area contributed by atoms with Crippen molar-refractivity contribution in [1.82, 2.24) is 5.32 Å². The Hall–Kier alpha value is -2.43. The maximum Gasteiger partial charge on any atom is 0.252 e. The molecule has 3 unspecified atom stereocenters. The summed E-state index contributed by atoms with van der Waals surface area (Å²) >= 11 is 0. The lowest BCUT2D eigenvalue weighted by Crippen LogP contribution is -2.33. The van der Waals surface area contributed by atoms with E-state index < -0.39 is 0 Å². The van der Waals surface area contributed by atoms with Crippen LogP contribution in [0.4, 0.5) is 5.69 Å². The highest BCUT2D eigenvalue weighted by Gasteiger charge is 2.43. The van der Waals surface area contributed by atoms with Gasteiger partial charge < -0.3 is 15.7 Å². The molecule has 5 heteroatoms. The van der Waals surface area contributed by atoms with E-state index in [2.05, 4.69) is 36.4 Å². The van der Waals surface area contributed by atoms with Gasteiger partial charge in [0.25, 0.3) is 5.91 Å². The molecule has 0 fully saturated rings. The number of hydrogen-bond acceptors (Lipinski definition) is 3. The predicted octanol–water partition coefficient (Wildman–Crippen LogP) is 3.51. The van der Waals surface area contributed by atoms with Gasteiger partial charge >= 0.3 is 0 Å². The maximum absolute atomic E-state index is 12.4. The molecule has 0 saturated heterocycles. The molecule has 122 valence electrons. The van der Waals surface area contributed by atoms with E-state index in [0.29, 0.717) is 12.3 Å². The van der Waals surface area contributed by atoms with E-state index in [1.54, 1.807) is 18.2 Å². The minimum Gasteiger partial charge on any atom is -0.508 e. The number of aromatic hydroxyl groups is 1. The van der Waals surface area contributed by atoms with Gasteiger partial charge in [0.1, 0.15) is 12.5 Å². The highest BCUT2D eigenvalue weighted by atomic mass is 16.3. The van der Waals surface area contributed by atoms with Crippen LogP contribution in [0.25, 0.3) is 0 Å². The largest absolute Gasteiger partial charge is 0.508 e. The molecule has 2 aromatic rings. The first-order valence-electron chi connectivity index (χ1n) is 8.54. The summed E-state index contributed by atoms with van der Waals surface area (Å²) in [5, 5.41) is 16.7. The van der Waals surface area contributed by atoms with Crippen LogP contribution in [0, 0.1) is 0 Å². The Morgan fingerprint density at radius 1 is 1.08 bits per heavy atom. The Morgan fingerprint density at radius 3 is 2.67 bits per heavy atom. The van der Waals surface area contributed by atoms with Crippen molar-refractivity contribution in [3.8, 4) is 5.75 Å². The van der Waals surface area contributed by atoms with Gasteiger partial charge in [0.2, 0.25) is 0 Å². The molecule has 2 aliphatic heterocycles. The molecule has 4 rings (SSSR count). The fourth-order valence-electron chi connectivity index (χ4n) is 4.14. The number of para-hydroxylation sites is 1. The molecule has 0 bridgehead atoms. The number of anilines is 1. The Morgan fingerprint density at radius 2 is 1.88 bits per heavy atom. The summed E-state index contributed by atoms with van der Waals surface area (Å²) in [5.74, 6) is 0.313. The van der Waals surface area contributed by atoms with E-state index in [1.165, 1.54) is 5.56 Å². The minimum absolute atomic E-state index is 0.0531. The fraction of sp³-hybridized carbons (Fsp3) is 0.316. The van der Waals surface area contributed by atoms with Crippen molar-refractivity contribution in [3.05, 3.63) is 59.2 Å². The van der Waals surface area contributed by atoms with E-state index in [0.717, 1.165) is 17.6 Å². The maximum atomic E-state index is 12.4. The molecular formula is C19H21BN2O2.